The fourth-order valence-electron chi connectivity index (χ4n) is 7.94. The molecule has 3 amide bonds. The number of nitrogens with one attached hydrogen (secondary N) is 3. The molecule has 4 aliphatic rings. The molecular formula is C40H54F3N5O9S. The summed E-state index contributed by atoms with van der Waals surface area (Å²) in [4.78, 5) is 49.0. The maximum atomic E-state index is 14.9. The lowest BCUT2D eigenvalue weighted by atomic mass is 9.85. The first-order valence-corrected chi connectivity index (χ1v) is 21.6. The number of hydrogen-bond acceptors (Lipinski definition) is 11. The minimum absolute atomic E-state index is 0.00155. The summed E-state index contributed by atoms with van der Waals surface area (Å²) in [5.74, 6) is -2.62. The van der Waals surface area contributed by atoms with Crippen LogP contribution in [0.1, 0.15) is 86.0 Å². The van der Waals surface area contributed by atoms with Gasteiger partial charge in [-0.05, 0) is 77.2 Å². The maximum absolute atomic E-state index is 14.9. The van der Waals surface area contributed by atoms with E-state index in [4.69, 9.17) is 14.2 Å². The number of carbonyl (C=O) groups is 3. The molecule has 1 aromatic carbocycles. The van der Waals surface area contributed by atoms with Gasteiger partial charge in [0, 0.05) is 23.1 Å². The Hall–Kier alpha value is -4.00. The van der Waals surface area contributed by atoms with Crippen LogP contribution in [0.4, 0.5) is 13.2 Å². The number of amides is 3. The summed E-state index contributed by atoms with van der Waals surface area (Å²) in [5, 5.41) is 17.0. The van der Waals surface area contributed by atoms with E-state index in [0.717, 1.165) is 19.2 Å². The Morgan fingerprint density at radius 1 is 1.12 bits per heavy atom. The number of hydrogen-bond donors (Lipinski definition) is 4. The second-order valence-corrected chi connectivity index (χ2v) is 18.4. The number of carbonyl (C=O) groups excluding carboxylic acids is 3. The first kappa shape index (κ1) is 43.6. The minimum atomic E-state index is -4.85. The van der Waals surface area contributed by atoms with Crippen LogP contribution in [0.5, 0.6) is 11.6 Å². The zero-order valence-electron chi connectivity index (χ0n) is 33.4. The van der Waals surface area contributed by atoms with E-state index < -0.39 is 86.7 Å². The Balaban J connectivity index is 1.36. The quantitative estimate of drug-likeness (QED) is 0.175. The van der Waals surface area contributed by atoms with Crippen molar-refractivity contribution in [3.8, 4) is 11.6 Å². The molecule has 58 heavy (non-hydrogen) atoms. The van der Waals surface area contributed by atoms with Crippen LogP contribution in [-0.4, -0.2) is 101 Å². The van der Waals surface area contributed by atoms with Gasteiger partial charge in [0.15, 0.2) is 5.60 Å². The lowest BCUT2D eigenvalue weighted by molar-refractivity contribution is -0.310. The minimum Gasteiger partial charge on any atom is -0.492 e. The van der Waals surface area contributed by atoms with Crippen LogP contribution >= 0.6 is 0 Å². The first-order chi connectivity index (χ1) is 27.3. The van der Waals surface area contributed by atoms with E-state index in [0.29, 0.717) is 56.3 Å². The molecule has 2 saturated carbocycles. The third-order valence-electron chi connectivity index (χ3n) is 11.7. The van der Waals surface area contributed by atoms with Crippen LogP contribution in [0.3, 0.4) is 0 Å². The van der Waals surface area contributed by atoms with Gasteiger partial charge in [0.05, 0.1) is 30.6 Å². The fraction of sp³-hybridized carbons (Fsp3) is 0.650. The molecule has 3 heterocycles. The molecule has 1 saturated heterocycles. The van der Waals surface area contributed by atoms with E-state index in [-0.39, 0.29) is 31.2 Å². The predicted octanol–water partition coefficient (Wildman–Crippen LogP) is 4.46. The van der Waals surface area contributed by atoms with Gasteiger partial charge in [-0.2, -0.15) is 13.2 Å². The second kappa shape index (κ2) is 16.9. The number of fused-ring (bicyclic) bond motifs is 3. The summed E-state index contributed by atoms with van der Waals surface area (Å²) in [5.41, 5.74) is -4.40. The van der Waals surface area contributed by atoms with E-state index in [2.05, 4.69) is 20.3 Å². The van der Waals surface area contributed by atoms with Gasteiger partial charge in [-0.15, -0.1) is 0 Å². The van der Waals surface area contributed by atoms with Gasteiger partial charge in [-0.3, -0.25) is 24.4 Å². The zero-order chi connectivity index (χ0) is 42.2. The van der Waals surface area contributed by atoms with Crippen molar-refractivity contribution in [3.05, 3.63) is 42.6 Å². The summed E-state index contributed by atoms with van der Waals surface area (Å²) in [6, 6.07) is 4.66. The van der Waals surface area contributed by atoms with E-state index in [1.54, 1.807) is 18.2 Å². The highest BCUT2D eigenvalue weighted by Gasteiger charge is 2.62. The molecule has 2 aliphatic heterocycles. The van der Waals surface area contributed by atoms with Gasteiger partial charge in [0.2, 0.25) is 34.1 Å². The number of halogens is 3. The van der Waals surface area contributed by atoms with Crippen LogP contribution < -0.4 is 24.8 Å². The van der Waals surface area contributed by atoms with Gasteiger partial charge in [-0.25, -0.2) is 13.4 Å². The molecule has 1 unspecified atom stereocenters. The first-order valence-electron chi connectivity index (χ1n) is 20.0. The number of sulfonamides is 1. The molecule has 320 valence electrons. The number of alkyl halides is 3. The Labute approximate surface area is 336 Å². The zero-order valence-corrected chi connectivity index (χ0v) is 34.2. The molecule has 0 radical (unpaired) electrons. The van der Waals surface area contributed by atoms with Crippen molar-refractivity contribution < 1.29 is 55.3 Å². The van der Waals surface area contributed by atoms with E-state index >= 15 is 0 Å². The smallest absolute Gasteiger partial charge is 0.417 e. The average Bonchev–Trinajstić information content (AvgIpc) is 4.08. The van der Waals surface area contributed by atoms with E-state index in [1.807, 2.05) is 39.0 Å². The topological polar surface area (TPSA) is 185 Å². The van der Waals surface area contributed by atoms with Crippen LogP contribution in [0, 0.1) is 17.8 Å². The molecule has 3 fully saturated rings. The standard InChI is InChI=1S/C40H54F3N5O9S/c1-6-24-18-23(3)12-8-9-13-25-20-39(25,36(51)47-58(53,54)27-16-17-27)46-33(49)30-19-26(56-34-29-15-11-10-14-28(29)31(21-44-34)55-7-2)22-48(30)35(50)32(24)45-37(52)57-38(4,5)40(41,42)43/h9-11,13-15,21,23-27,30,32,37,45,52H,6-8,12,16-20,22H2,1-5H3,(H,46,49)(H,47,51)/b13-9-/t23-,24-,25-,26-,30+,32+,37?,39-/m1/s1. The molecule has 2 aromatic rings. The normalized spacial score (nSPS) is 29.6. The summed E-state index contributed by atoms with van der Waals surface area (Å²) in [6.07, 6.45) is 0.202. The Bertz CT molecular complexity index is 1990. The molecule has 0 spiro atoms. The van der Waals surface area contributed by atoms with Crippen molar-refractivity contribution in [1.82, 2.24) is 25.2 Å². The molecule has 0 bridgehead atoms. The monoisotopic (exact) mass is 837 g/mol. The summed E-state index contributed by atoms with van der Waals surface area (Å²) in [7, 11) is -3.97. The van der Waals surface area contributed by atoms with Crippen molar-refractivity contribution in [2.24, 2.45) is 17.8 Å². The average molecular weight is 838 g/mol. The van der Waals surface area contributed by atoms with Crippen molar-refractivity contribution in [2.45, 2.75) is 133 Å². The van der Waals surface area contributed by atoms with Crippen molar-refractivity contribution in [1.29, 1.82) is 0 Å². The Kier molecular flexibility index (Phi) is 12.7. The van der Waals surface area contributed by atoms with Gasteiger partial charge in [0.25, 0.3) is 5.91 Å². The predicted molar refractivity (Wildman–Crippen MR) is 207 cm³/mol. The van der Waals surface area contributed by atoms with Gasteiger partial charge in [-0.1, -0.05) is 50.6 Å². The lowest BCUT2D eigenvalue weighted by Gasteiger charge is -2.37. The van der Waals surface area contributed by atoms with Gasteiger partial charge in [0.1, 0.15) is 23.4 Å². The third-order valence-corrected chi connectivity index (χ3v) is 13.5. The molecule has 2 aliphatic carbocycles. The van der Waals surface area contributed by atoms with Crippen LogP contribution in [0.15, 0.2) is 42.6 Å². The number of nitrogens with zero attached hydrogens (tertiary/aromatic N) is 2. The molecule has 6 rings (SSSR count). The van der Waals surface area contributed by atoms with Crippen molar-refractivity contribution in [3.63, 3.8) is 0 Å². The molecule has 14 nitrogen and oxygen atoms in total. The molecule has 4 N–H and O–H groups in total. The van der Waals surface area contributed by atoms with E-state index in [1.165, 1.54) is 11.1 Å². The molecular weight excluding hydrogens is 784 g/mol. The highest BCUT2D eigenvalue weighted by atomic mass is 32.2. The van der Waals surface area contributed by atoms with Crippen LogP contribution in [0.2, 0.25) is 0 Å². The van der Waals surface area contributed by atoms with Crippen LogP contribution in [-0.2, 0) is 29.1 Å². The molecule has 1 aromatic heterocycles. The lowest BCUT2D eigenvalue weighted by Crippen LogP contribution is -2.60. The fourth-order valence-corrected chi connectivity index (χ4v) is 9.30. The van der Waals surface area contributed by atoms with Gasteiger partial charge >= 0.3 is 6.18 Å². The number of aromatic nitrogens is 1. The summed E-state index contributed by atoms with van der Waals surface area (Å²) in [6.45, 7) is 7.40. The molecule has 8 atom stereocenters. The van der Waals surface area contributed by atoms with Gasteiger partial charge < -0.3 is 29.5 Å². The number of aliphatic hydroxyl groups excluding tert-OH is 1. The third kappa shape index (κ3) is 9.39. The molecule has 18 heteroatoms. The number of aliphatic hydroxyl groups is 1. The largest absolute Gasteiger partial charge is 0.492 e. The van der Waals surface area contributed by atoms with Crippen molar-refractivity contribution >= 4 is 38.5 Å². The number of benzene rings is 1. The maximum Gasteiger partial charge on any atom is 0.417 e. The number of pyridine rings is 1. The number of ether oxygens (including phenoxy) is 3. The van der Waals surface area contributed by atoms with Crippen molar-refractivity contribution in [2.75, 3.05) is 13.2 Å². The Morgan fingerprint density at radius 3 is 2.48 bits per heavy atom. The number of rotatable bonds is 12. The Morgan fingerprint density at radius 2 is 1.83 bits per heavy atom. The number of allylic oxidation sites excluding steroid dienone is 1. The summed E-state index contributed by atoms with van der Waals surface area (Å²) >= 11 is 0. The second-order valence-electron chi connectivity index (χ2n) is 16.5. The SMILES string of the molecule is CCOc1cnc(O[C@@H]2C[C@H]3C(=O)N[C@]4(C(=O)NS(=O)(=O)C5CC5)C[C@H]4/C=C\CC[C@@H](C)C[C@@H](CC)[C@H](NC(O)OC(C)(C)C(F)(F)F)C(=O)N3C2)c2ccccc12. The van der Waals surface area contributed by atoms with E-state index in [9.17, 15) is 41.1 Å². The summed E-state index contributed by atoms with van der Waals surface area (Å²) < 4.78 is 86.7. The van der Waals surface area contributed by atoms with Crippen LogP contribution in [0.25, 0.3) is 10.8 Å². The highest BCUT2D eigenvalue weighted by molar-refractivity contribution is 7.91. The highest BCUT2D eigenvalue weighted by Crippen LogP contribution is 2.46.